The number of benzene rings is 2. The third-order valence-electron chi connectivity index (χ3n) is 4.90. The van der Waals surface area contributed by atoms with Crippen molar-refractivity contribution in [2.45, 2.75) is 27.7 Å². The molecular formula is C24H25Cl3N6. The van der Waals surface area contributed by atoms with Crippen LogP contribution in [0.3, 0.4) is 0 Å². The summed E-state index contributed by atoms with van der Waals surface area (Å²) in [6, 6.07) is 15.6. The normalized spacial score (nSPS) is 10.1. The molecular weight excluding hydrogens is 479 g/mol. The fourth-order valence-electron chi connectivity index (χ4n) is 3.56. The van der Waals surface area contributed by atoms with Crippen molar-refractivity contribution >= 4 is 47.5 Å². The minimum Gasteiger partial charge on any atom is -0.368 e. The summed E-state index contributed by atoms with van der Waals surface area (Å²) in [7, 11) is 0. The number of aromatic nitrogens is 4. The van der Waals surface area contributed by atoms with Gasteiger partial charge in [-0.3, -0.25) is 0 Å². The van der Waals surface area contributed by atoms with Gasteiger partial charge in [-0.1, -0.05) is 59.6 Å². The zero-order chi connectivity index (χ0) is 23.4. The molecule has 0 aliphatic carbocycles. The van der Waals surface area contributed by atoms with E-state index >= 15 is 0 Å². The molecule has 0 radical (unpaired) electrons. The first kappa shape index (κ1) is 26.3. The van der Waals surface area contributed by atoms with Crippen molar-refractivity contribution in [3.8, 4) is 22.5 Å². The first-order valence-corrected chi connectivity index (χ1v) is 10.6. The maximum atomic E-state index is 5.87. The van der Waals surface area contributed by atoms with Crippen LogP contribution in [0.4, 0.5) is 11.9 Å². The molecule has 2 heterocycles. The molecule has 0 bridgehead atoms. The largest absolute Gasteiger partial charge is 0.368 e. The monoisotopic (exact) mass is 502 g/mol. The van der Waals surface area contributed by atoms with E-state index in [0.717, 1.165) is 44.8 Å². The molecule has 2 aromatic carbocycles. The number of anilines is 2. The Bertz CT molecular complexity index is 1100. The second-order valence-electron chi connectivity index (χ2n) is 7.40. The Morgan fingerprint density at radius 1 is 0.576 bits per heavy atom. The van der Waals surface area contributed by atoms with E-state index in [9.17, 15) is 0 Å². The molecule has 0 atom stereocenters. The van der Waals surface area contributed by atoms with E-state index in [2.05, 4.69) is 19.9 Å². The number of hydrogen-bond donors (Lipinski definition) is 2. The third kappa shape index (κ3) is 6.54. The van der Waals surface area contributed by atoms with E-state index in [4.69, 9.17) is 34.7 Å². The van der Waals surface area contributed by atoms with Gasteiger partial charge in [-0.15, -0.1) is 12.4 Å². The predicted molar refractivity (Wildman–Crippen MR) is 140 cm³/mol. The van der Waals surface area contributed by atoms with Crippen LogP contribution in [-0.2, 0) is 0 Å². The molecule has 172 valence electrons. The number of aryl methyl sites for hydroxylation is 4. The molecule has 9 heteroatoms. The Kier molecular flexibility index (Phi) is 8.99. The van der Waals surface area contributed by atoms with E-state index < -0.39 is 0 Å². The molecule has 4 N–H and O–H groups in total. The summed E-state index contributed by atoms with van der Waals surface area (Å²) in [5.41, 5.74) is 19.4. The molecule has 0 saturated carbocycles. The van der Waals surface area contributed by atoms with Crippen molar-refractivity contribution in [1.82, 2.24) is 19.9 Å². The van der Waals surface area contributed by atoms with Gasteiger partial charge in [-0.05, 0) is 49.9 Å². The first-order chi connectivity index (χ1) is 15.2. The number of nitrogens with zero attached hydrogens (tertiary/aromatic N) is 4. The highest BCUT2D eigenvalue weighted by Crippen LogP contribution is 2.28. The van der Waals surface area contributed by atoms with Gasteiger partial charge in [0.05, 0.1) is 11.4 Å². The van der Waals surface area contributed by atoms with Crippen molar-refractivity contribution in [3.05, 3.63) is 81.1 Å². The zero-order valence-corrected chi connectivity index (χ0v) is 21.1. The van der Waals surface area contributed by atoms with Crippen molar-refractivity contribution < 1.29 is 0 Å². The second-order valence-corrected chi connectivity index (χ2v) is 8.18. The summed E-state index contributed by atoms with van der Waals surface area (Å²) in [5, 5.41) is 0.732. The molecule has 2 aromatic heterocycles. The summed E-state index contributed by atoms with van der Waals surface area (Å²) in [6.07, 6.45) is 0. The van der Waals surface area contributed by atoms with Crippen LogP contribution < -0.4 is 11.5 Å². The SMILES string of the molecule is Cc1cccc(C)c1-c1cc(Cl)nc(N)n1.Cc1cccc(C)c1-c1cc(Cl)nc(N)n1.Cl. The lowest BCUT2D eigenvalue weighted by atomic mass is 10.00. The Morgan fingerprint density at radius 2 is 0.879 bits per heavy atom. The van der Waals surface area contributed by atoms with Crippen LogP contribution >= 0.6 is 35.6 Å². The smallest absolute Gasteiger partial charge is 0.221 e. The van der Waals surface area contributed by atoms with Gasteiger partial charge in [0.15, 0.2) is 0 Å². The summed E-state index contributed by atoms with van der Waals surface area (Å²) < 4.78 is 0. The van der Waals surface area contributed by atoms with Gasteiger partial charge >= 0.3 is 0 Å². The average molecular weight is 504 g/mol. The van der Waals surface area contributed by atoms with E-state index in [0.29, 0.717) is 10.3 Å². The third-order valence-corrected chi connectivity index (χ3v) is 5.29. The van der Waals surface area contributed by atoms with E-state index in [1.54, 1.807) is 12.1 Å². The number of nitrogens with two attached hydrogens (primary N) is 2. The Hall–Kier alpha value is -2.93. The molecule has 4 aromatic rings. The van der Waals surface area contributed by atoms with E-state index in [1.807, 2.05) is 64.1 Å². The number of rotatable bonds is 2. The molecule has 0 spiro atoms. The predicted octanol–water partition coefficient (Wildman–Crippen LogP) is 6.41. The topological polar surface area (TPSA) is 104 Å². The summed E-state index contributed by atoms with van der Waals surface area (Å²) in [5.74, 6) is 0.398. The summed E-state index contributed by atoms with van der Waals surface area (Å²) >= 11 is 11.7. The van der Waals surface area contributed by atoms with Gasteiger partial charge in [-0.25, -0.2) is 19.9 Å². The molecule has 0 amide bonds. The fraction of sp³-hybridized carbons (Fsp3) is 0.167. The highest BCUT2D eigenvalue weighted by Gasteiger charge is 2.10. The van der Waals surface area contributed by atoms with E-state index in [-0.39, 0.29) is 24.3 Å². The van der Waals surface area contributed by atoms with Crippen molar-refractivity contribution in [1.29, 1.82) is 0 Å². The van der Waals surface area contributed by atoms with Gasteiger partial charge < -0.3 is 11.5 Å². The molecule has 6 nitrogen and oxygen atoms in total. The number of nitrogen functional groups attached to an aromatic ring is 2. The maximum absolute atomic E-state index is 5.87. The number of hydrogen-bond acceptors (Lipinski definition) is 6. The van der Waals surface area contributed by atoms with Crippen LogP contribution in [0.25, 0.3) is 22.5 Å². The number of halogens is 3. The molecule has 33 heavy (non-hydrogen) atoms. The van der Waals surface area contributed by atoms with Gasteiger partial charge in [0, 0.05) is 23.3 Å². The molecule has 0 saturated heterocycles. The van der Waals surface area contributed by atoms with Crippen LogP contribution in [0.2, 0.25) is 10.3 Å². The highest BCUT2D eigenvalue weighted by atomic mass is 35.5. The lowest BCUT2D eigenvalue weighted by molar-refractivity contribution is 1.18. The minimum absolute atomic E-state index is 0. The van der Waals surface area contributed by atoms with Crippen molar-refractivity contribution in [2.75, 3.05) is 11.5 Å². The lowest BCUT2D eigenvalue weighted by Crippen LogP contribution is -1.98. The standard InChI is InChI=1S/2C12H12ClN3.ClH/c2*1-7-4-3-5-8(2)11(7)9-6-10(13)16-12(14)15-9;/h2*3-6H,1-2H3,(H2,14,15,16);1H. The molecule has 0 fully saturated rings. The van der Waals surface area contributed by atoms with Crippen LogP contribution in [0.1, 0.15) is 22.3 Å². The van der Waals surface area contributed by atoms with Gasteiger partial charge in [0.25, 0.3) is 0 Å². The Morgan fingerprint density at radius 3 is 1.15 bits per heavy atom. The fourth-order valence-corrected chi connectivity index (χ4v) is 3.94. The first-order valence-electron chi connectivity index (χ1n) is 9.89. The minimum atomic E-state index is 0. The van der Waals surface area contributed by atoms with E-state index in [1.165, 1.54) is 0 Å². The highest BCUT2D eigenvalue weighted by molar-refractivity contribution is 6.30. The van der Waals surface area contributed by atoms with Gasteiger partial charge in [0.1, 0.15) is 10.3 Å². The molecule has 0 aliphatic rings. The van der Waals surface area contributed by atoms with Crippen LogP contribution in [-0.4, -0.2) is 19.9 Å². The second kappa shape index (κ2) is 11.3. The van der Waals surface area contributed by atoms with Crippen molar-refractivity contribution in [2.24, 2.45) is 0 Å². The zero-order valence-electron chi connectivity index (χ0n) is 18.7. The quantitative estimate of drug-likeness (QED) is 0.306. The molecule has 0 unspecified atom stereocenters. The molecule has 0 aliphatic heterocycles. The van der Waals surface area contributed by atoms with Crippen molar-refractivity contribution in [3.63, 3.8) is 0 Å². The summed E-state index contributed by atoms with van der Waals surface area (Å²) in [6.45, 7) is 8.14. The van der Waals surface area contributed by atoms with Crippen LogP contribution in [0, 0.1) is 27.7 Å². The van der Waals surface area contributed by atoms with Gasteiger partial charge in [-0.2, -0.15) is 0 Å². The lowest BCUT2D eigenvalue weighted by Gasteiger charge is -2.09. The van der Waals surface area contributed by atoms with Crippen LogP contribution in [0.5, 0.6) is 0 Å². The maximum Gasteiger partial charge on any atom is 0.221 e. The summed E-state index contributed by atoms with van der Waals surface area (Å²) in [4.78, 5) is 16.1. The Labute approximate surface area is 209 Å². The average Bonchev–Trinajstić information content (AvgIpc) is 2.67. The molecule has 4 rings (SSSR count). The van der Waals surface area contributed by atoms with Crippen LogP contribution in [0.15, 0.2) is 48.5 Å². The van der Waals surface area contributed by atoms with Gasteiger partial charge in [0.2, 0.25) is 11.9 Å². The Balaban J connectivity index is 0.000000227.